The van der Waals surface area contributed by atoms with Crippen LogP contribution < -0.4 is 0 Å². The highest BCUT2D eigenvalue weighted by atomic mass is 17.0. The molecule has 0 amide bonds. The van der Waals surface area contributed by atoms with E-state index < -0.39 is 62.4 Å². The molecule has 0 unspecified atom stereocenters. The van der Waals surface area contributed by atoms with E-state index >= 15 is 0 Å². The van der Waals surface area contributed by atoms with Gasteiger partial charge in [-0.3, -0.25) is 18.3 Å². The van der Waals surface area contributed by atoms with Gasteiger partial charge in [0, 0.05) is 11.1 Å². The van der Waals surface area contributed by atoms with Gasteiger partial charge in [0.15, 0.2) is 45.9 Å². The Morgan fingerprint density at radius 1 is 0.283 bits per heavy atom. The van der Waals surface area contributed by atoms with E-state index in [1.165, 1.54) is 0 Å². The molecule has 292 valence electrons. The summed E-state index contributed by atoms with van der Waals surface area (Å²) >= 11 is 0. The fraction of sp³-hybridized carbons (Fsp3) is 0. The Morgan fingerprint density at radius 2 is 0.683 bits per heavy atom. The predicted octanol–water partition coefficient (Wildman–Crippen LogP) is 10.4. The number of nitrogens with zero attached hydrogens (tertiary/aromatic N) is 3. The molecular formula is C45H25N3O12. The molecule has 11 rings (SSSR count). The first kappa shape index (κ1) is 34.4. The van der Waals surface area contributed by atoms with Gasteiger partial charge in [0.2, 0.25) is 45.3 Å². The van der Waals surface area contributed by atoms with Crippen molar-refractivity contribution < 1.29 is 58.5 Å². The molecule has 2 aliphatic heterocycles. The minimum Gasteiger partial charge on any atom is -0.504 e. The van der Waals surface area contributed by atoms with Crippen LogP contribution >= 0.6 is 0 Å². The van der Waals surface area contributed by atoms with E-state index in [-0.39, 0.29) is 56.3 Å². The molecule has 0 atom stereocenters. The number of rotatable bonds is 5. The zero-order chi connectivity index (χ0) is 41.0. The molecular weight excluding hydrogens is 775 g/mol. The fourth-order valence-corrected chi connectivity index (χ4v) is 7.57. The van der Waals surface area contributed by atoms with Crippen LogP contribution in [-0.4, -0.2) is 50.7 Å². The molecule has 7 N–H and O–H groups in total. The molecule has 0 spiro atoms. The molecule has 2 aliphatic rings. The van der Waals surface area contributed by atoms with Gasteiger partial charge in [-0.15, -0.1) is 0 Å². The van der Waals surface area contributed by atoms with E-state index in [0.717, 1.165) is 22.3 Å². The Bertz CT molecular complexity index is 3390. The summed E-state index contributed by atoms with van der Waals surface area (Å²) in [5.74, 6) is -6.12. The maximum absolute atomic E-state index is 11.7. The molecule has 7 aromatic carbocycles. The largest absolute Gasteiger partial charge is 0.504 e. The predicted molar refractivity (Wildman–Crippen MR) is 215 cm³/mol. The smallest absolute Gasteiger partial charge is 0.236 e. The molecule has 0 bridgehead atoms. The Labute approximate surface area is 334 Å². The third kappa shape index (κ3) is 4.86. The summed E-state index contributed by atoms with van der Waals surface area (Å²) in [5.41, 5.74) is 2.36. The molecule has 4 heterocycles. The fourth-order valence-electron chi connectivity index (χ4n) is 7.57. The zero-order valence-electron chi connectivity index (χ0n) is 30.4. The number of benzene rings is 7. The number of phenols is 7. The topological polar surface area (TPSA) is 246 Å². The summed E-state index contributed by atoms with van der Waals surface area (Å²) in [6.07, 6.45) is 0. The molecule has 0 aliphatic carbocycles. The van der Waals surface area contributed by atoms with Crippen LogP contribution in [0.2, 0.25) is 0 Å². The Hall–Kier alpha value is -8.85. The van der Waals surface area contributed by atoms with E-state index in [9.17, 15) is 35.7 Å². The molecule has 2 aromatic heterocycles. The van der Waals surface area contributed by atoms with Crippen LogP contribution in [0.5, 0.6) is 40.2 Å². The first-order valence-corrected chi connectivity index (χ1v) is 18.2. The number of fused-ring (bicyclic) bond motifs is 4. The van der Waals surface area contributed by atoms with Crippen molar-refractivity contribution in [3.63, 3.8) is 0 Å². The number of phenolic OH excluding ortho intramolecular Hbond substituents is 7. The minimum atomic E-state index is -1.09. The zero-order valence-corrected chi connectivity index (χ0v) is 30.4. The normalized spacial score (nSPS) is 11.8. The van der Waals surface area contributed by atoms with Crippen LogP contribution in [-0.2, 0) is 0 Å². The van der Waals surface area contributed by atoms with Gasteiger partial charge in [-0.2, -0.15) is 0 Å². The lowest BCUT2D eigenvalue weighted by atomic mass is 9.95. The van der Waals surface area contributed by atoms with Crippen molar-refractivity contribution in [3.05, 3.63) is 109 Å². The van der Waals surface area contributed by atoms with Crippen molar-refractivity contribution in [2.45, 2.75) is 0 Å². The lowest BCUT2D eigenvalue weighted by Gasteiger charge is -2.16. The second-order valence-corrected chi connectivity index (χ2v) is 13.9. The monoisotopic (exact) mass is 799 g/mol. The van der Waals surface area contributed by atoms with Gasteiger partial charge in [-0.1, -0.05) is 109 Å². The first-order valence-electron chi connectivity index (χ1n) is 18.2. The van der Waals surface area contributed by atoms with Crippen molar-refractivity contribution in [3.8, 4) is 108 Å². The van der Waals surface area contributed by atoms with E-state index in [0.29, 0.717) is 11.1 Å². The Morgan fingerprint density at radius 3 is 1.25 bits per heavy atom. The van der Waals surface area contributed by atoms with Gasteiger partial charge >= 0.3 is 0 Å². The number of hydrogen-bond donors (Lipinski definition) is 7. The highest BCUT2D eigenvalue weighted by molar-refractivity contribution is 6.25. The van der Waals surface area contributed by atoms with Crippen molar-refractivity contribution in [2.75, 3.05) is 0 Å². The van der Waals surface area contributed by atoms with E-state index in [1.807, 2.05) is 109 Å². The van der Waals surface area contributed by atoms with Gasteiger partial charge in [0.05, 0.1) is 21.9 Å². The lowest BCUT2D eigenvalue weighted by Crippen LogP contribution is -2.02. The number of aromatic hydroxyl groups is 7. The molecule has 0 saturated carbocycles. The van der Waals surface area contributed by atoms with Crippen molar-refractivity contribution >= 4 is 44.3 Å². The third-order valence-electron chi connectivity index (χ3n) is 10.5. The molecule has 60 heavy (non-hydrogen) atoms. The van der Waals surface area contributed by atoms with E-state index in [2.05, 4.69) is 0 Å². The average Bonchev–Trinajstić information content (AvgIpc) is 3.71. The third-order valence-corrected chi connectivity index (χ3v) is 10.5. The van der Waals surface area contributed by atoms with Crippen LogP contribution in [0.25, 0.3) is 112 Å². The second-order valence-electron chi connectivity index (χ2n) is 13.9. The van der Waals surface area contributed by atoms with Gasteiger partial charge < -0.3 is 40.2 Å². The average molecular weight is 800 g/mol. The van der Waals surface area contributed by atoms with Crippen molar-refractivity contribution in [1.29, 1.82) is 0 Å². The molecule has 15 nitrogen and oxygen atoms in total. The molecule has 9 aromatic rings. The summed E-state index contributed by atoms with van der Waals surface area (Å²) in [6, 6.07) is 34.7. The SMILES string of the molecule is Oc1c(O)c2ooc3c4c(ooc(c1-c1nc(-c5ccc(-c6ccccc6)cc5)nc(-c5ccc(-c6ccccc6)cc5)n1)c2-4)c(O)c1c3oc2c(O)c(O)c(O)c(O)c21. The summed E-state index contributed by atoms with van der Waals surface area (Å²) in [4.78, 5) is 14.4. The van der Waals surface area contributed by atoms with Crippen molar-refractivity contribution in [1.82, 2.24) is 15.0 Å². The quantitative estimate of drug-likeness (QED) is 0.0370. The summed E-state index contributed by atoms with van der Waals surface area (Å²) in [6.45, 7) is 0. The van der Waals surface area contributed by atoms with E-state index in [4.69, 9.17) is 37.7 Å². The highest BCUT2D eigenvalue weighted by Crippen LogP contribution is 2.59. The van der Waals surface area contributed by atoms with Crippen LogP contribution in [0.3, 0.4) is 0 Å². The molecule has 0 saturated heterocycles. The molecule has 15 heteroatoms. The number of aromatic nitrogens is 3. The van der Waals surface area contributed by atoms with E-state index in [1.54, 1.807) is 0 Å². The van der Waals surface area contributed by atoms with Gasteiger partial charge in [0.25, 0.3) is 0 Å². The second kappa shape index (κ2) is 12.6. The van der Waals surface area contributed by atoms with Crippen LogP contribution in [0.1, 0.15) is 0 Å². The number of hydrogen-bond acceptors (Lipinski definition) is 15. The van der Waals surface area contributed by atoms with Gasteiger partial charge in [-0.25, -0.2) is 15.0 Å². The van der Waals surface area contributed by atoms with Gasteiger partial charge in [-0.05, 0) is 22.3 Å². The van der Waals surface area contributed by atoms with Crippen LogP contribution in [0.15, 0.2) is 132 Å². The Kier molecular flexibility index (Phi) is 7.21. The first-order chi connectivity index (χ1) is 29.2. The molecule has 0 fully saturated rings. The standard InChI is InChI=1S/C45H25N3O12/c49-30-25-26-32(51)39-28-27-37(57-58-39)29(31(50)35(54)40(27)59-60-42(28)41(26)56-38(25)36(55)34(53)33(30)52)45-47-43(23-15-11-21(12-16-23)19-7-3-1-4-8-19)46-44(48-45)24-17-13-22(14-18-24)20-9-5-2-6-10-20/h1-18,49-55H. The summed E-state index contributed by atoms with van der Waals surface area (Å²) in [7, 11) is 0. The maximum Gasteiger partial charge on any atom is 0.236 e. The molecule has 0 radical (unpaired) electrons. The van der Waals surface area contributed by atoms with Crippen LogP contribution in [0, 0.1) is 0 Å². The highest BCUT2D eigenvalue weighted by Gasteiger charge is 2.38. The van der Waals surface area contributed by atoms with Gasteiger partial charge in [0.1, 0.15) is 5.56 Å². The Balaban J connectivity index is 1.15. The maximum atomic E-state index is 11.7. The van der Waals surface area contributed by atoms with Crippen molar-refractivity contribution in [2.24, 2.45) is 0 Å². The summed E-state index contributed by atoms with van der Waals surface area (Å²) in [5, 5.41) is 75.9. The minimum absolute atomic E-state index is 0.0949. The van der Waals surface area contributed by atoms with Crippen LogP contribution in [0.4, 0.5) is 0 Å². The summed E-state index contributed by atoms with van der Waals surface area (Å²) < 4.78 is 28.3. The number of furan rings is 1. The lowest BCUT2D eigenvalue weighted by molar-refractivity contribution is 0.0749.